The molecule has 0 amide bonds. The molecule has 0 spiro atoms. The van der Waals surface area contributed by atoms with Crippen molar-refractivity contribution in [1.29, 1.82) is 0 Å². The van der Waals surface area contributed by atoms with Crippen LogP contribution in [-0.4, -0.2) is 31.9 Å². The third-order valence-corrected chi connectivity index (χ3v) is 4.67. The fourth-order valence-electron chi connectivity index (χ4n) is 2.27. The van der Waals surface area contributed by atoms with Crippen LogP contribution in [0.2, 0.25) is 0 Å². The second-order valence-corrected chi connectivity index (χ2v) is 7.42. The topological polar surface area (TPSA) is 80.7 Å². The van der Waals surface area contributed by atoms with E-state index in [9.17, 15) is 13.2 Å². The molecule has 0 bridgehead atoms. The van der Waals surface area contributed by atoms with Crippen molar-refractivity contribution in [1.82, 2.24) is 0 Å². The molecule has 0 aromatic rings. The molecule has 7 heteroatoms. The van der Waals surface area contributed by atoms with E-state index in [1.165, 1.54) is 51.4 Å². The summed E-state index contributed by atoms with van der Waals surface area (Å²) in [5, 5.41) is 8.52. The van der Waals surface area contributed by atoms with Crippen LogP contribution in [-0.2, 0) is 19.1 Å². The van der Waals surface area contributed by atoms with E-state index in [2.05, 4.69) is 11.1 Å². The van der Waals surface area contributed by atoms with Gasteiger partial charge in [0.25, 0.3) is 0 Å². The first kappa shape index (κ1) is 26.2. The van der Waals surface area contributed by atoms with Crippen molar-refractivity contribution in [2.45, 2.75) is 84.0 Å². The second kappa shape index (κ2) is 17.8. The maximum Gasteiger partial charge on any atom is 1.00 e. The summed E-state index contributed by atoms with van der Waals surface area (Å²) in [5.41, 5.74) is 0. The number of hydrogen-bond donors (Lipinski definition) is 1. The van der Waals surface area contributed by atoms with E-state index in [-0.39, 0.29) is 57.8 Å². The Morgan fingerprint density at radius 1 is 0.870 bits per heavy atom. The van der Waals surface area contributed by atoms with Crippen LogP contribution in [0.4, 0.5) is 0 Å². The van der Waals surface area contributed by atoms with E-state index in [0.717, 1.165) is 12.8 Å². The van der Waals surface area contributed by atoms with Crippen molar-refractivity contribution in [3.05, 3.63) is 0 Å². The minimum absolute atomic E-state index is 0. The summed E-state index contributed by atoms with van der Waals surface area (Å²) in [6, 6.07) is 0. The molecular formula is C16H32KO5S+. The van der Waals surface area contributed by atoms with E-state index in [0.29, 0.717) is 6.42 Å². The Bertz CT molecular complexity index is 371. The molecule has 132 valence electrons. The molecule has 0 aliphatic rings. The molecule has 0 atom stereocenters. The predicted molar refractivity (Wildman–Crippen MR) is 88.0 cm³/mol. The molecule has 1 N–H and O–H groups in total. The zero-order valence-corrected chi connectivity index (χ0v) is 18.8. The van der Waals surface area contributed by atoms with Crippen LogP contribution in [0.3, 0.4) is 0 Å². The van der Waals surface area contributed by atoms with E-state index in [4.69, 9.17) is 5.11 Å². The Morgan fingerprint density at radius 3 is 1.74 bits per heavy atom. The number of hydrogen-bond acceptors (Lipinski definition) is 5. The van der Waals surface area contributed by atoms with Gasteiger partial charge in [0.2, 0.25) is 0 Å². The predicted octanol–water partition coefficient (Wildman–Crippen LogP) is 0.557. The third kappa shape index (κ3) is 19.2. The van der Waals surface area contributed by atoms with Gasteiger partial charge in [-0.15, -0.1) is 0 Å². The minimum Gasteiger partial charge on any atom is -0.395 e. The molecule has 0 radical (unpaired) electrons. The van der Waals surface area contributed by atoms with Crippen molar-refractivity contribution >= 4 is 16.1 Å². The summed E-state index contributed by atoms with van der Waals surface area (Å²) in [5.74, 6) is -1.25. The molecule has 0 aliphatic heterocycles. The molecule has 0 saturated heterocycles. The van der Waals surface area contributed by atoms with Crippen LogP contribution < -0.4 is 51.4 Å². The fraction of sp³-hybridized carbons (Fsp3) is 0.938. The largest absolute Gasteiger partial charge is 1.00 e. The van der Waals surface area contributed by atoms with E-state index in [1.807, 2.05) is 0 Å². The monoisotopic (exact) mass is 375 g/mol. The van der Waals surface area contributed by atoms with Gasteiger partial charge in [0.05, 0.1) is 6.61 Å². The van der Waals surface area contributed by atoms with Crippen molar-refractivity contribution in [2.75, 3.05) is 12.4 Å². The second-order valence-electron chi connectivity index (χ2n) is 5.73. The number of rotatable bonds is 15. The Hall–Kier alpha value is 1.02. The number of aliphatic hydroxyl groups excluding tert-OH is 1. The van der Waals surface area contributed by atoms with Gasteiger partial charge in [-0.2, -0.15) is 8.42 Å². The zero-order chi connectivity index (χ0) is 16.7. The maximum atomic E-state index is 11.3. The van der Waals surface area contributed by atoms with Gasteiger partial charge in [-0.25, -0.2) is 0 Å². The van der Waals surface area contributed by atoms with Gasteiger partial charge < -0.3 is 9.29 Å². The average molecular weight is 376 g/mol. The first-order valence-electron chi connectivity index (χ1n) is 8.57. The van der Waals surface area contributed by atoms with Gasteiger partial charge in [0, 0.05) is 6.42 Å². The van der Waals surface area contributed by atoms with Crippen LogP contribution in [0.1, 0.15) is 84.0 Å². The first-order chi connectivity index (χ1) is 10.5. The molecule has 0 unspecified atom stereocenters. The molecule has 0 aromatic heterocycles. The Labute approximate surface area is 184 Å². The van der Waals surface area contributed by atoms with Crippen molar-refractivity contribution in [3.8, 4) is 0 Å². The number of unbranched alkanes of at least 4 members (excludes halogenated alkanes) is 10. The van der Waals surface area contributed by atoms with Gasteiger partial charge in [-0.3, -0.25) is 4.79 Å². The van der Waals surface area contributed by atoms with Crippen molar-refractivity contribution in [3.63, 3.8) is 0 Å². The molecule has 0 heterocycles. The van der Waals surface area contributed by atoms with Crippen molar-refractivity contribution in [2.24, 2.45) is 0 Å². The molecule has 5 nitrogen and oxygen atoms in total. The Kier molecular flexibility index (Phi) is 20.3. The molecular weight excluding hydrogens is 343 g/mol. The summed E-state index contributed by atoms with van der Waals surface area (Å²) in [7, 11) is -3.89. The van der Waals surface area contributed by atoms with Crippen molar-refractivity contribution < 1.29 is 73.9 Å². The molecule has 0 fully saturated rings. The molecule has 0 rings (SSSR count). The van der Waals surface area contributed by atoms with Crippen LogP contribution in [0.5, 0.6) is 0 Å². The molecule has 0 saturated carbocycles. The zero-order valence-electron chi connectivity index (χ0n) is 14.9. The maximum absolute atomic E-state index is 11.3. The van der Waals surface area contributed by atoms with Gasteiger partial charge in [-0.1, -0.05) is 71.1 Å². The summed E-state index contributed by atoms with van der Waals surface area (Å²) < 4.78 is 26.6. The van der Waals surface area contributed by atoms with Crippen LogP contribution >= 0.6 is 0 Å². The summed E-state index contributed by atoms with van der Waals surface area (Å²) in [6.07, 6.45) is 13.1. The van der Waals surface area contributed by atoms with E-state index >= 15 is 0 Å². The first-order valence-corrected chi connectivity index (χ1v) is 10.2. The van der Waals surface area contributed by atoms with Crippen LogP contribution in [0, 0.1) is 0 Å². The number of aliphatic hydroxyl groups is 1. The fourth-order valence-corrected chi connectivity index (χ4v) is 2.94. The quantitative estimate of drug-likeness (QED) is 0.257. The summed E-state index contributed by atoms with van der Waals surface area (Å²) in [6.45, 7) is 1.69. The minimum atomic E-state index is -3.89. The summed E-state index contributed by atoms with van der Waals surface area (Å²) in [4.78, 5) is 11.3. The van der Waals surface area contributed by atoms with E-state index < -0.39 is 28.4 Å². The smallest absolute Gasteiger partial charge is 0.395 e. The molecule has 0 aliphatic carbocycles. The molecule has 0 aromatic carbocycles. The van der Waals surface area contributed by atoms with Crippen LogP contribution in [0.25, 0.3) is 0 Å². The third-order valence-electron chi connectivity index (χ3n) is 3.55. The Morgan fingerprint density at radius 2 is 1.30 bits per heavy atom. The normalized spacial score (nSPS) is 11.0. The number of carbonyl (C=O) groups is 1. The SMILES string of the molecule is CCCCCCCCCCCCCC(=O)OS(=O)(=O)CCO.[K+]. The Balaban J connectivity index is 0. The molecule has 23 heavy (non-hydrogen) atoms. The summed E-state index contributed by atoms with van der Waals surface area (Å²) >= 11 is 0. The van der Waals surface area contributed by atoms with Gasteiger partial charge in [0.15, 0.2) is 0 Å². The van der Waals surface area contributed by atoms with E-state index in [1.54, 1.807) is 0 Å². The van der Waals surface area contributed by atoms with Gasteiger partial charge in [-0.05, 0) is 6.42 Å². The van der Waals surface area contributed by atoms with Gasteiger partial charge in [0.1, 0.15) is 5.75 Å². The van der Waals surface area contributed by atoms with Gasteiger partial charge >= 0.3 is 67.5 Å². The number of carbonyl (C=O) groups excluding carboxylic acids is 1. The standard InChI is InChI=1S/C16H32O5S.K/c1-2-3-4-5-6-7-8-9-10-11-12-13-16(18)21-22(19,20)15-14-17;/h17H,2-15H2,1H3;/q;+1. The van der Waals surface area contributed by atoms with Crippen LogP contribution in [0.15, 0.2) is 0 Å². The average Bonchev–Trinajstić information content (AvgIpc) is 2.44.